The minimum atomic E-state index is -0.0643. The van der Waals surface area contributed by atoms with Gasteiger partial charge in [0.2, 0.25) is 0 Å². The van der Waals surface area contributed by atoms with Gasteiger partial charge in [0.05, 0.1) is 0 Å². The smallest absolute Gasteiger partial charge is 0.251 e. The van der Waals surface area contributed by atoms with Crippen molar-refractivity contribution in [3.05, 3.63) is 70.8 Å². The zero-order valence-electron chi connectivity index (χ0n) is 19.1. The molecule has 2 rings (SSSR count). The Morgan fingerprint density at radius 1 is 0.968 bits per heavy atom. The fourth-order valence-corrected chi connectivity index (χ4v) is 3.29. The summed E-state index contributed by atoms with van der Waals surface area (Å²) >= 11 is 0. The molecule has 0 aliphatic rings. The predicted molar refractivity (Wildman–Crippen MR) is 140 cm³/mol. The van der Waals surface area contributed by atoms with Crippen LogP contribution >= 0.6 is 24.0 Å². The Balaban J connectivity index is 0.00000480. The van der Waals surface area contributed by atoms with Gasteiger partial charge in [-0.05, 0) is 48.3 Å². The first-order chi connectivity index (χ1) is 14.6. The molecule has 0 atom stereocenters. The highest BCUT2D eigenvalue weighted by Gasteiger charge is 2.05. The van der Waals surface area contributed by atoms with Crippen molar-refractivity contribution in [3.8, 4) is 0 Å². The maximum Gasteiger partial charge on any atom is 0.251 e. The maximum atomic E-state index is 11.8. The van der Waals surface area contributed by atoms with Crippen LogP contribution in [0, 0.1) is 0 Å². The third-order valence-corrected chi connectivity index (χ3v) is 5.10. The van der Waals surface area contributed by atoms with E-state index < -0.39 is 0 Å². The number of rotatable bonds is 10. The average molecular weight is 537 g/mol. The molecule has 6 nitrogen and oxygen atoms in total. The third-order valence-electron chi connectivity index (χ3n) is 5.10. The second-order valence-electron chi connectivity index (χ2n) is 7.16. The molecule has 2 aromatic rings. The SMILES string of the molecule is CCN(CC)Cc1cccc(CNC(=NC)NCCc2cccc(C(=O)NC)c2)c1.I. The minimum absolute atomic E-state index is 0. The van der Waals surface area contributed by atoms with Gasteiger partial charge in [0, 0.05) is 39.3 Å². The highest BCUT2D eigenvalue weighted by Crippen LogP contribution is 2.09. The first-order valence-corrected chi connectivity index (χ1v) is 10.6. The summed E-state index contributed by atoms with van der Waals surface area (Å²) in [5.74, 6) is 0.706. The van der Waals surface area contributed by atoms with Crippen LogP contribution in [0.2, 0.25) is 0 Å². The van der Waals surface area contributed by atoms with Crippen molar-refractivity contribution < 1.29 is 4.79 Å². The number of aliphatic imine (C=N–C) groups is 1. The Hall–Kier alpha value is -2.13. The van der Waals surface area contributed by atoms with Gasteiger partial charge in [0.25, 0.3) is 5.91 Å². The van der Waals surface area contributed by atoms with E-state index in [0.717, 1.165) is 50.7 Å². The Kier molecular flexibility index (Phi) is 12.8. The van der Waals surface area contributed by atoms with Crippen molar-refractivity contribution in [1.82, 2.24) is 20.9 Å². The molecule has 0 aliphatic heterocycles. The molecule has 0 unspecified atom stereocenters. The summed E-state index contributed by atoms with van der Waals surface area (Å²) in [6.45, 7) is 8.93. The highest BCUT2D eigenvalue weighted by molar-refractivity contribution is 14.0. The van der Waals surface area contributed by atoms with Crippen molar-refractivity contribution in [2.24, 2.45) is 4.99 Å². The van der Waals surface area contributed by atoms with Gasteiger partial charge in [0.1, 0.15) is 0 Å². The van der Waals surface area contributed by atoms with Gasteiger partial charge in [-0.25, -0.2) is 0 Å². The van der Waals surface area contributed by atoms with Crippen LogP contribution in [0.5, 0.6) is 0 Å². The van der Waals surface area contributed by atoms with E-state index in [-0.39, 0.29) is 29.9 Å². The molecule has 0 fully saturated rings. The van der Waals surface area contributed by atoms with Crippen LogP contribution in [0.3, 0.4) is 0 Å². The van der Waals surface area contributed by atoms with Crippen molar-refractivity contribution in [2.75, 3.05) is 33.7 Å². The lowest BCUT2D eigenvalue weighted by molar-refractivity contribution is 0.0963. The monoisotopic (exact) mass is 537 g/mol. The van der Waals surface area contributed by atoms with E-state index in [0.29, 0.717) is 5.56 Å². The summed E-state index contributed by atoms with van der Waals surface area (Å²) in [6, 6.07) is 16.4. The normalized spacial score (nSPS) is 11.1. The molecule has 0 bridgehead atoms. The number of nitrogens with zero attached hydrogens (tertiary/aromatic N) is 2. The summed E-state index contributed by atoms with van der Waals surface area (Å²) in [7, 11) is 3.42. The summed E-state index contributed by atoms with van der Waals surface area (Å²) < 4.78 is 0. The topological polar surface area (TPSA) is 68.8 Å². The minimum Gasteiger partial charge on any atom is -0.356 e. The van der Waals surface area contributed by atoms with E-state index in [1.807, 2.05) is 24.3 Å². The van der Waals surface area contributed by atoms with Gasteiger partial charge in [-0.15, -0.1) is 24.0 Å². The molecule has 2 aromatic carbocycles. The van der Waals surface area contributed by atoms with Crippen LogP contribution < -0.4 is 16.0 Å². The van der Waals surface area contributed by atoms with E-state index >= 15 is 0 Å². The second-order valence-corrected chi connectivity index (χ2v) is 7.16. The first-order valence-electron chi connectivity index (χ1n) is 10.6. The number of halogens is 1. The number of guanidine groups is 1. The highest BCUT2D eigenvalue weighted by atomic mass is 127. The molecule has 170 valence electrons. The molecule has 0 spiro atoms. The maximum absolute atomic E-state index is 11.8. The molecule has 0 aliphatic carbocycles. The van der Waals surface area contributed by atoms with Crippen LogP contribution in [-0.2, 0) is 19.5 Å². The lowest BCUT2D eigenvalue weighted by atomic mass is 10.1. The molecule has 0 radical (unpaired) electrons. The van der Waals surface area contributed by atoms with Gasteiger partial charge < -0.3 is 16.0 Å². The van der Waals surface area contributed by atoms with Gasteiger partial charge in [0.15, 0.2) is 5.96 Å². The fourth-order valence-electron chi connectivity index (χ4n) is 3.29. The number of hydrogen-bond donors (Lipinski definition) is 3. The van der Waals surface area contributed by atoms with Gasteiger partial charge in [-0.1, -0.05) is 50.2 Å². The number of amides is 1. The second kappa shape index (κ2) is 14.8. The first kappa shape index (κ1) is 26.9. The third kappa shape index (κ3) is 9.26. The summed E-state index contributed by atoms with van der Waals surface area (Å²) in [4.78, 5) is 18.5. The molecule has 0 aromatic heterocycles. The van der Waals surface area contributed by atoms with Crippen LogP contribution in [0.1, 0.15) is 40.9 Å². The van der Waals surface area contributed by atoms with E-state index in [9.17, 15) is 4.79 Å². The largest absolute Gasteiger partial charge is 0.356 e. The van der Waals surface area contributed by atoms with Crippen LogP contribution in [0.25, 0.3) is 0 Å². The van der Waals surface area contributed by atoms with Crippen LogP contribution in [0.4, 0.5) is 0 Å². The Labute approximate surface area is 203 Å². The Bertz CT molecular complexity index is 836. The fraction of sp³-hybridized carbons (Fsp3) is 0.417. The molecule has 31 heavy (non-hydrogen) atoms. The summed E-state index contributed by atoms with van der Waals surface area (Å²) in [5.41, 5.74) is 4.36. The van der Waals surface area contributed by atoms with Crippen molar-refractivity contribution in [3.63, 3.8) is 0 Å². The zero-order chi connectivity index (χ0) is 21.8. The van der Waals surface area contributed by atoms with Crippen molar-refractivity contribution >= 4 is 35.8 Å². The zero-order valence-corrected chi connectivity index (χ0v) is 21.4. The summed E-state index contributed by atoms with van der Waals surface area (Å²) in [5, 5.41) is 9.39. The van der Waals surface area contributed by atoms with E-state index in [1.165, 1.54) is 11.1 Å². The average Bonchev–Trinajstić information content (AvgIpc) is 2.79. The van der Waals surface area contributed by atoms with Crippen molar-refractivity contribution in [2.45, 2.75) is 33.4 Å². The standard InChI is InChI=1S/C24H35N5O.HI/c1-5-29(6-2)18-21-11-7-10-20(15-21)17-28-24(26-4)27-14-13-19-9-8-12-22(16-19)23(30)25-3;/h7-12,15-16H,5-6,13-14,17-18H2,1-4H3,(H,25,30)(H2,26,27,28);1H. The Morgan fingerprint density at radius 2 is 1.65 bits per heavy atom. The van der Waals surface area contributed by atoms with Gasteiger partial charge in [-0.3, -0.25) is 14.7 Å². The van der Waals surface area contributed by atoms with Gasteiger partial charge in [-0.2, -0.15) is 0 Å². The Morgan fingerprint density at radius 3 is 2.32 bits per heavy atom. The van der Waals surface area contributed by atoms with E-state index in [1.54, 1.807) is 14.1 Å². The lowest BCUT2D eigenvalue weighted by Gasteiger charge is -2.18. The molecule has 0 saturated carbocycles. The van der Waals surface area contributed by atoms with E-state index in [4.69, 9.17) is 0 Å². The molecule has 1 amide bonds. The van der Waals surface area contributed by atoms with Gasteiger partial charge >= 0.3 is 0 Å². The number of nitrogens with one attached hydrogen (secondary N) is 3. The van der Waals surface area contributed by atoms with E-state index in [2.05, 4.69) is 64.0 Å². The molecule has 0 saturated heterocycles. The predicted octanol–water partition coefficient (Wildman–Crippen LogP) is 3.41. The number of carbonyl (C=O) groups excluding carboxylic acids is 1. The molecular weight excluding hydrogens is 501 g/mol. The number of carbonyl (C=O) groups is 1. The van der Waals surface area contributed by atoms with Crippen LogP contribution in [0.15, 0.2) is 53.5 Å². The van der Waals surface area contributed by atoms with Crippen molar-refractivity contribution in [1.29, 1.82) is 0 Å². The quantitative estimate of drug-likeness (QED) is 0.247. The summed E-state index contributed by atoms with van der Waals surface area (Å²) in [6.07, 6.45) is 0.810. The molecule has 0 heterocycles. The molecule has 3 N–H and O–H groups in total. The molecular formula is C24H36IN5O. The van der Waals surface area contributed by atoms with Crippen LogP contribution in [-0.4, -0.2) is 50.5 Å². The number of benzene rings is 2. The number of hydrogen-bond acceptors (Lipinski definition) is 3. The lowest BCUT2D eigenvalue weighted by Crippen LogP contribution is -2.37. The molecule has 7 heteroatoms.